The van der Waals surface area contributed by atoms with Crippen molar-refractivity contribution < 1.29 is 14.3 Å². The maximum Gasteiger partial charge on any atom is 0.164 e. The molecule has 74 valence electrons. The smallest absolute Gasteiger partial charge is 0.164 e. The van der Waals surface area contributed by atoms with Gasteiger partial charge in [0.15, 0.2) is 5.79 Å². The van der Waals surface area contributed by atoms with Crippen molar-refractivity contribution in [1.29, 1.82) is 0 Å². The summed E-state index contributed by atoms with van der Waals surface area (Å²) in [6, 6.07) is 0. The summed E-state index contributed by atoms with van der Waals surface area (Å²) in [4.78, 5) is 10.5. The molecule has 1 saturated heterocycles. The molecule has 3 heteroatoms. The maximum absolute atomic E-state index is 10.5. The van der Waals surface area contributed by atoms with Gasteiger partial charge in [-0.1, -0.05) is 6.08 Å². The molecule has 0 aromatic rings. The Bertz CT molecular complexity index is 222. The largest absolute Gasteiger partial charge is 0.341 e. The Kier molecular flexibility index (Phi) is 2.59. The van der Waals surface area contributed by atoms with Crippen molar-refractivity contribution in [2.24, 2.45) is 0 Å². The fourth-order valence-electron chi connectivity index (χ4n) is 1.69. The molecule has 3 nitrogen and oxygen atoms in total. The van der Waals surface area contributed by atoms with E-state index in [0.29, 0.717) is 6.42 Å². The van der Waals surface area contributed by atoms with Gasteiger partial charge in [-0.15, -0.1) is 6.58 Å². The standard InChI is InChI=1S/C10H16O3/c1-5-8-10(4,6-7-11)13-9(2,3)12-8/h5,7-8H,1,6H2,2-4H3. The molecule has 0 spiro atoms. The number of hydrogen-bond donors (Lipinski definition) is 0. The Morgan fingerprint density at radius 3 is 2.54 bits per heavy atom. The van der Waals surface area contributed by atoms with Gasteiger partial charge in [0, 0.05) is 6.42 Å². The first-order valence-electron chi connectivity index (χ1n) is 4.38. The second-order valence-corrected chi connectivity index (χ2v) is 3.96. The van der Waals surface area contributed by atoms with E-state index in [1.54, 1.807) is 6.08 Å². The van der Waals surface area contributed by atoms with Crippen LogP contribution in [0.25, 0.3) is 0 Å². The Morgan fingerprint density at radius 1 is 1.46 bits per heavy atom. The lowest BCUT2D eigenvalue weighted by atomic mass is 9.96. The van der Waals surface area contributed by atoms with Crippen molar-refractivity contribution in [2.75, 3.05) is 0 Å². The number of hydrogen-bond acceptors (Lipinski definition) is 3. The Balaban J connectivity index is 2.84. The van der Waals surface area contributed by atoms with Gasteiger partial charge in [0.25, 0.3) is 0 Å². The molecule has 1 heterocycles. The van der Waals surface area contributed by atoms with Crippen LogP contribution in [0.2, 0.25) is 0 Å². The molecular formula is C10H16O3. The summed E-state index contributed by atoms with van der Waals surface area (Å²) in [5, 5.41) is 0. The summed E-state index contributed by atoms with van der Waals surface area (Å²) in [5.74, 6) is -0.628. The van der Waals surface area contributed by atoms with Gasteiger partial charge in [-0.25, -0.2) is 0 Å². The Labute approximate surface area is 78.7 Å². The first kappa shape index (κ1) is 10.4. The average molecular weight is 184 g/mol. The summed E-state index contributed by atoms with van der Waals surface area (Å²) >= 11 is 0. The molecule has 2 atom stereocenters. The third-order valence-electron chi connectivity index (χ3n) is 2.19. The monoisotopic (exact) mass is 184 g/mol. The highest BCUT2D eigenvalue weighted by Crippen LogP contribution is 2.38. The number of rotatable bonds is 3. The third kappa shape index (κ3) is 1.98. The van der Waals surface area contributed by atoms with Crippen LogP contribution in [0.3, 0.4) is 0 Å². The van der Waals surface area contributed by atoms with Gasteiger partial charge in [0.05, 0.1) is 0 Å². The van der Waals surface area contributed by atoms with Gasteiger partial charge in [-0.2, -0.15) is 0 Å². The minimum Gasteiger partial charge on any atom is -0.341 e. The molecule has 1 aliphatic rings. The predicted octanol–water partition coefficient (Wildman–Crippen LogP) is 1.67. The molecule has 0 N–H and O–H groups in total. The van der Waals surface area contributed by atoms with Crippen molar-refractivity contribution in [3.05, 3.63) is 12.7 Å². The summed E-state index contributed by atoms with van der Waals surface area (Å²) in [6.45, 7) is 9.19. The molecule has 1 rings (SSSR count). The molecule has 0 saturated carbocycles. The number of aldehydes is 1. The van der Waals surface area contributed by atoms with Crippen LogP contribution in [0.4, 0.5) is 0 Å². The van der Waals surface area contributed by atoms with Gasteiger partial charge < -0.3 is 14.3 Å². The van der Waals surface area contributed by atoms with Gasteiger partial charge in [-0.05, 0) is 20.8 Å². The van der Waals surface area contributed by atoms with E-state index in [2.05, 4.69) is 6.58 Å². The van der Waals surface area contributed by atoms with Gasteiger partial charge in [-0.3, -0.25) is 0 Å². The Hall–Kier alpha value is -0.670. The fraction of sp³-hybridized carbons (Fsp3) is 0.700. The molecule has 0 aromatic carbocycles. The molecular weight excluding hydrogens is 168 g/mol. The van der Waals surface area contributed by atoms with Crippen molar-refractivity contribution in [2.45, 2.75) is 44.7 Å². The van der Waals surface area contributed by atoms with Crippen LogP contribution in [0.15, 0.2) is 12.7 Å². The van der Waals surface area contributed by atoms with Gasteiger partial charge in [0.1, 0.15) is 18.0 Å². The average Bonchev–Trinajstić information content (AvgIpc) is 2.21. The zero-order valence-electron chi connectivity index (χ0n) is 8.37. The summed E-state index contributed by atoms with van der Waals surface area (Å²) in [7, 11) is 0. The zero-order valence-corrected chi connectivity index (χ0v) is 8.37. The van der Waals surface area contributed by atoms with Crippen molar-refractivity contribution in [1.82, 2.24) is 0 Å². The number of carbonyl (C=O) groups is 1. The first-order valence-corrected chi connectivity index (χ1v) is 4.38. The van der Waals surface area contributed by atoms with E-state index in [4.69, 9.17) is 9.47 Å². The van der Waals surface area contributed by atoms with E-state index >= 15 is 0 Å². The van der Waals surface area contributed by atoms with Crippen molar-refractivity contribution in [3.63, 3.8) is 0 Å². The van der Waals surface area contributed by atoms with Crippen molar-refractivity contribution >= 4 is 6.29 Å². The topological polar surface area (TPSA) is 35.5 Å². The first-order chi connectivity index (χ1) is 5.93. The predicted molar refractivity (Wildman–Crippen MR) is 49.3 cm³/mol. The molecule has 1 aliphatic heterocycles. The van der Waals surface area contributed by atoms with Crippen LogP contribution in [-0.2, 0) is 14.3 Å². The SMILES string of the molecule is C=CC1OC(C)(C)OC1(C)CC=O. The van der Waals surface area contributed by atoms with E-state index in [9.17, 15) is 4.79 Å². The highest BCUT2D eigenvalue weighted by Gasteiger charge is 2.48. The van der Waals surface area contributed by atoms with Crippen molar-refractivity contribution in [3.8, 4) is 0 Å². The summed E-state index contributed by atoms with van der Waals surface area (Å²) < 4.78 is 11.2. The van der Waals surface area contributed by atoms with Crippen LogP contribution in [0.1, 0.15) is 27.2 Å². The highest BCUT2D eigenvalue weighted by molar-refractivity contribution is 5.52. The van der Waals surface area contributed by atoms with Gasteiger partial charge >= 0.3 is 0 Å². The molecule has 0 amide bonds. The van der Waals surface area contributed by atoms with E-state index in [1.165, 1.54) is 0 Å². The molecule has 0 aromatic heterocycles. The molecule has 0 bridgehead atoms. The second-order valence-electron chi connectivity index (χ2n) is 3.96. The minimum atomic E-state index is -0.628. The maximum atomic E-state index is 10.5. The minimum absolute atomic E-state index is 0.215. The van der Waals surface area contributed by atoms with E-state index in [0.717, 1.165) is 6.29 Å². The van der Waals surface area contributed by atoms with Crippen LogP contribution in [0.5, 0.6) is 0 Å². The molecule has 0 aliphatic carbocycles. The third-order valence-corrected chi connectivity index (χ3v) is 2.19. The molecule has 2 unspecified atom stereocenters. The lowest BCUT2D eigenvalue weighted by molar-refractivity contribution is -0.160. The number of ether oxygens (including phenoxy) is 2. The highest BCUT2D eigenvalue weighted by atomic mass is 16.8. The van der Waals surface area contributed by atoms with E-state index < -0.39 is 11.4 Å². The van der Waals surface area contributed by atoms with Crippen LogP contribution >= 0.6 is 0 Å². The summed E-state index contributed by atoms with van der Waals surface area (Å²) in [6.07, 6.45) is 2.64. The second kappa shape index (κ2) is 3.24. The lowest BCUT2D eigenvalue weighted by Crippen LogP contribution is -2.36. The fourth-order valence-corrected chi connectivity index (χ4v) is 1.69. The molecule has 13 heavy (non-hydrogen) atoms. The van der Waals surface area contributed by atoms with E-state index in [-0.39, 0.29) is 6.10 Å². The van der Waals surface area contributed by atoms with E-state index in [1.807, 2.05) is 20.8 Å². The quantitative estimate of drug-likeness (QED) is 0.494. The molecule has 0 radical (unpaired) electrons. The lowest BCUT2D eigenvalue weighted by Gasteiger charge is -2.24. The van der Waals surface area contributed by atoms with Crippen LogP contribution in [-0.4, -0.2) is 23.8 Å². The number of carbonyl (C=O) groups excluding carboxylic acids is 1. The zero-order chi connectivity index (χ0) is 10.1. The van der Waals surface area contributed by atoms with Gasteiger partial charge in [0.2, 0.25) is 0 Å². The Morgan fingerprint density at radius 2 is 2.08 bits per heavy atom. The van der Waals surface area contributed by atoms with Crippen LogP contribution in [0, 0.1) is 0 Å². The normalized spacial score (nSPS) is 37.3. The molecule has 1 fully saturated rings. The summed E-state index contributed by atoms with van der Waals surface area (Å²) in [5.41, 5.74) is -0.562. The van der Waals surface area contributed by atoms with Crippen LogP contribution < -0.4 is 0 Å².